The highest BCUT2D eigenvalue weighted by Crippen LogP contribution is 2.27. The lowest BCUT2D eigenvalue weighted by Crippen LogP contribution is -2.34. The van der Waals surface area contributed by atoms with E-state index in [9.17, 15) is 9.59 Å². The summed E-state index contributed by atoms with van der Waals surface area (Å²) in [6.07, 6.45) is 0. The molecule has 0 radical (unpaired) electrons. The van der Waals surface area contributed by atoms with E-state index in [2.05, 4.69) is 10.4 Å². The van der Waals surface area contributed by atoms with Gasteiger partial charge in [0.1, 0.15) is 0 Å². The molecule has 6 nitrogen and oxygen atoms in total. The summed E-state index contributed by atoms with van der Waals surface area (Å²) in [5, 5.41) is 10.0. The average molecular weight is 300 g/mol. The number of rotatable bonds is 2. The van der Waals surface area contributed by atoms with Crippen LogP contribution in [0.25, 0.3) is 10.8 Å². The summed E-state index contributed by atoms with van der Waals surface area (Å²) in [6, 6.07) is 12.5. The molecule has 21 heavy (non-hydrogen) atoms. The molecule has 0 bridgehead atoms. The lowest BCUT2D eigenvalue weighted by molar-refractivity contribution is -0.116. The Balaban J connectivity index is 2.08. The highest BCUT2D eigenvalue weighted by atomic mass is 32.2. The van der Waals surface area contributed by atoms with E-state index in [1.165, 1.54) is 11.8 Å². The molecular weight excluding hydrogens is 288 g/mol. The van der Waals surface area contributed by atoms with Gasteiger partial charge >= 0.3 is 6.03 Å². The lowest BCUT2D eigenvalue weighted by atomic mass is 10.1. The predicted octanol–water partition coefficient (Wildman–Crippen LogP) is 1.86. The minimum atomic E-state index is -0.708. The fraction of sp³-hybridized carbons (Fsp3) is 0.0714. The summed E-state index contributed by atoms with van der Waals surface area (Å²) in [5.41, 5.74) is 6.01. The first-order chi connectivity index (χ1) is 10.1. The van der Waals surface area contributed by atoms with Crippen molar-refractivity contribution in [3.8, 4) is 0 Å². The Hall–Kier alpha value is -2.54. The van der Waals surface area contributed by atoms with Crippen LogP contribution in [0.3, 0.4) is 0 Å². The molecule has 3 rings (SSSR count). The fourth-order valence-electron chi connectivity index (χ4n) is 2.08. The van der Waals surface area contributed by atoms with E-state index in [1.807, 2.05) is 36.4 Å². The molecule has 0 spiro atoms. The standard InChI is InChI=1S/C14H12N4O2S/c15-13(20)18(17-14-16-12(19)8-21-14)11-7-3-5-9-4-1-2-6-10(9)11/h1-7H,8H2,(H2,15,20)(H,16,17,19). The Morgan fingerprint density at radius 1 is 1.24 bits per heavy atom. The van der Waals surface area contributed by atoms with Gasteiger partial charge in [-0.25, -0.2) is 4.79 Å². The molecule has 1 heterocycles. The first kappa shape index (κ1) is 13.4. The van der Waals surface area contributed by atoms with Crippen molar-refractivity contribution in [2.24, 2.45) is 10.8 Å². The minimum absolute atomic E-state index is 0.138. The van der Waals surface area contributed by atoms with Crippen LogP contribution in [0.1, 0.15) is 0 Å². The highest BCUT2D eigenvalue weighted by Gasteiger charge is 2.21. The Kier molecular flexibility index (Phi) is 3.49. The maximum Gasteiger partial charge on any atom is 0.340 e. The van der Waals surface area contributed by atoms with Crippen molar-refractivity contribution in [2.75, 3.05) is 10.8 Å². The van der Waals surface area contributed by atoms with Crippen LogP contribution in [-0.4, -0.2) is 22.9 Å². The third-order valence-corrected chi connectivity index (χ3v) is 3.84. The van der Waals surface area contributed by atoms with Gasteiger partial charge in [0.05, 0.1) is 11.4 Å². The predicted molar refractivity (Wildman–Crippen MR) is 84.0 cm³/mol. The highest BCUT2D eigenvalue weighted by molar-refractivity contribution is 8.15. The average Bonchev–Trinajstić information content (AvgIpc) is 2.89. The van der Waals surface area contributed by atoms with Gasteiger partial charge in [-0.3, -0.25) is 4.79 Å². The number of urea groups is 1. The van der Waals surface area contributed by atoms with Gasteiger partial charge in [-0.05, 0) is 11.5 Å². The minimum Gasteiger partial charge on any atom is -0.350 e. The molecule has 2 aromatic carbocycles. The zero-order valence-corrected chi connectivity index (χ0v) is 11.8. The number of primary amides is 1. The Bertz CT molecular complexity index is 754. The molecule has 106 valence electrons. The number of nitrogens with one attached hydrogen (secondary N) is 1. The second-order valence-corrected chi connectivity index (χ2v) is 5.35. The number of hydrogen-bond acceptors (Lipinski definition) is 4. The van der Waals surface area contributed by atoms with Gasteiger partial charge in [-0.2, -0.15) is 5.01 Å². The van der Waals surface area contributed by atoms with E-state index < -0.39 is 6.03 Å². The van der Waals surface area contributed by atoms with Crippen molar-refractivity contribution in [1.82, 2.24) is 5.32 Å². The molecule has 3 N–H and O–H groups in total. The number of amides is 3. The first-order valence-corrected chi connectivity index (χ1v) is 7.22. The zero-order valence-electron chi connectivity index (χ0n) is 10.9. The molecule has 0 saturated carbocycles. The van der Waals surface area contributed by atoms with Crippen molar-refractivity contribution in [3.63, 3.8) is 0 Å². The number of fused-ring (bicyclic) bond motifs is 1. The quantitative estimate of drug-likeness (QED) is 0.830. The fourth-order valence-corrected chi connectivity index (χ4v) is 2.75. The molecule has 0 aromatic heterocycles. The van der Waals surface area contributed by atoms with Gasteiger partial charge in [0.2, 0.25) is 5.91 Å². The molecule has 1 aliphatic heterocycles. The molecule has 1 aliphatic rings. The van der Waals surface area contributed by atoms with Crippen LogP contribution >= 0.6 is 11.8 Å². The first-order valence-electron chi connectivity index (χ1n) is 6.24. The maximum atomic E-state index is 11.7. The van der Waals surface area contributed by atoms with E-state index in [-0.39, 0.29) is 5.91 Å². The Labute approximate surface area is 125 Å². The lowest BCUT2D eigenvalue weighted by Gasteiger charge is -2.17. The number of nitrogens with zero attached hydrogens (tertiary/aromatic N) is 2. The van der Waals surface area contributed by atoms with E-state index in [0.717, 1.165) is 15.8 Å². The van der Waals surface area contributed by atoms with Crippen LogP contribution < -0.4 is 16.1 Å². The van der Waals surface area contributed by atoms with Crippen LogP contribution in [0.2, 0.25) is 0 Å². The van der Waals surface area contributed by atoms with Crippen LogP contribution in [0.15, 0.2) is 47.6 Å². The van der Waals surface area contributed by atoms with Crippen LogP contribution in [-0.2, 0) is 4.79 Å². The second kappa shape index (κ2) is 5.45. The summed E-state index contributed by atoms with van der Waals surface area (Å²) in [6.45, 7) is 0. The zero-order chi connectivity index (χ0) is 14.8. The number of thioether (sulfide) groups is 1. The van der Waals surface area contributed by atoms with Crippen molar-refractivity contribution in [3.05, 3.63) is 42.5 Å². The molecular formula is C14H12N4O2S. The Morgan fingerprint density at radius 2 is 2.00 bits per heavy atom. The van der Waals surface area contributed by atoms with Gasteiger partial charge in [0, 0.05) is 5.39 Å². The summed E-state index contributed by atoms with van der Waals surface area (Å²) in [7, 11) is 0. The van der Waals surface area contributed by atoms with Crippen molar-refractivity contribution >= 4 is 45.3 Å². The van der Waals surface area contributed by atoms with Crippen molar-refractivity contribution < 1.29 is 9.59 Å². The third-order valence-electron chi connectivity index (χ3n) is 2.98. The van der Waals surface area contributed by atoms with E-state index in [1.54, 1.807) is 6.07 Å². The summed E-state index contributed by atoms with van der Waals surface area (Å²) < 4.78 is 0. The number of hydrogen-bond donors (Lipinski definition) is 2. The van der Waals surface area contributed by atoms with Crippen molar-refractivity contribution in [2.45, 2.75) is 0 Å². The van der Waals surface area contributed by atoms with Gasteiger partial charge in [0.25, 0.3) is 0 Å². The van der Waals surface area contributed by atoms with Gasteiger partial charge in [0.15, 0.2) is 5.17 Å². The summed E-state index contributed by atoms with van der Waals surface area (Å²) >= 11 is 1.24. The monoisotopic (exact) mass is 300 g/mol. The molecule has 1 saturated heterocycles. The van der Waals surface area contributed by atoms with E-state index in [0.29, 0.717) is 16.6 Å². The molecule has 3 amide bonds. The maximum absolute atomic E-state index is 11.7. The molecule has 0 atom stereocenters. The second-order valence-electron chi connectivity index (χ2n) is 4.39. The summed E-state index contributed by atoms with van der Waals surface area (Å²) in [4.78, 5) is 22.9. The van der Waals surface area contributed by atoms with Gasteiger partial charge < -0.3 is 11.1 Å². The number of amidine groups is 1. The number of benzene rings is 2. The third kappa shape index (κ3) is 2.68. The molecule has 0 unspecified atom stereocenters. The summed E-state index contributed by atoms with van der Waals surface area (Å²) in [5.74, 6) is 0.155. The SMILES string of the molecule is NC(=O)N(/N=C1/NC(=O)CS1)c1cccc2ccccc12. The normalized spacial score (nSPS) is 16.2. The van der Waals surface area contributed by atoms with Gasteiger partial charge in [-0.15, -0.1) is 5.10 Å². The Morgan fingerprint density at radius 3 is 2.71 bits per heavy atom. The number of anilines is 1. The number of carbonyl (C=O) groups excluding carboxylic acids is 2. The smallest absolute Gasteiger partial charge is 0.340 e. The number of hydrazone groups is 1. The number of nitrogens with two attached hydrogens (primary N) is 1. The molecule has 2 aromatic rings. The molecule has 0 aliphatic carbocycles. The topological polar surface area (TPSA) is 87.8 Å². The van der Waals surface area contributed by atoms with Crippen LogP contribution in [0.5, 0.6) is 0 Å². The molecule has 1 fully saturated rings. The number of carbonyl (C=O) groups is 2. The molecule has 7 heteroatoms. The van der Waals surface area contributed by atoms with Gasteiger partial charge in [-0.1, -0.05) is 48.2 Å². The van der Waals surface area contributed by atoms with Crippen LogP contribution in [0, 0.1) is 0 Å². The van der Waals surface area contributed by atoms with Crippen LogP contribution in [0.4, 0.5) is 10.5 Å². The van der Waals surface area contributed by atoms with Crippen molar-refractivity contribution in [1.29, 1.82) is 0 Å². The van der Waals surface area contributed by atoms with E-state index >= 15 is 0 Å². The largest absolute Gasteiger partial charge is 0.350 e. The van der Waals surface area contributed by atoms with E-state index in [4.69, 9.17) is 5.73 Å².